The van der Waals surface area contributed by atoms with Crippen LogP contribution < -0.4 is 0 Å². The molecule has 0 bridgehead atoms. The predicted octanol–water partition coefficient (Wildman–Crippen LogP) is 2.06. The number of carbonyl (C=O) groups is 2. The fourth-order valence-corrected chi connectivity index (χ4v) is 0.271. The largest absolute Gasteiger partial charge is 0.466 e. The van der Waals surface area contributed by atoms with Crippen molar-refractivity contribution in [2.45, 2.75) is 0 Å². The first-order valence-corrected chi connectivity index (χ1v) is 4.22. The number of rotatable bonds is 3. The first-order valence-electron chi connectivity index (χ1n) is 3.69. The maximum Gasteiger partial charge on any atom is 0.329 e. The average Bonchev–Trinajstić information content (AvgIpc) is 2.31. The number of ether oxygens (including phenoxy) is 2. The van der Waals surface area contributed by atoms with E-state index in [9.17, 15) is 9.59 Å². The van der Waals surface area contributed by atoms with Crippen LogP contribution in [0.15, 0.2) is 38.7 Å². The van der Waals surface area contributed by atoms with E-state index in [4.69, 9.17) is 11.6 Å². The van der Waals surface area contributed by atoms with Crippen molar-refractivity contribution < 1.29 is 19.1 Å². The van der Waals surface area contributed by atoms with Crippen LogP contribution in [0.4, 0.5) is 0 Å². The van der Waals surface area contributed by atoms with Gasteiger partial charge in [0.05, 0.1) is 13.4 Å². The Bertz CT molecular complexity index is 202. The molecule has 0 aliphatic rings. The molecule has 0 aliphatic carbocycles. The van der Waals surface area contributed by atoms with E-state index in [1.165, 1.54) is 7.11 Å². The zero-order valence-corrected chi connectivity index (χ0v) is 9.46. The van der Waals surface area contributed by atoms with Crippen LogP contribution in [-0.4, -0.2) is 24.9 Å². The van der Waals surface area contributed by atoms with E-state index < -0.39 is 11.9 Å². The number of alkyl halides is 1. The Kier molecular flexibility index (Phi) is 23.3. The summed E-state index contributed by atoms with van der Waals surface area (Å²) in [6.45, 7) is 12.3. The highest BCUT2D eigenvalue weighted by molar-refractivity contribution is 6.26. The van der Waals surface area contributed by atoms with Crippen LogP contribution in [0, 0.1) is 0 Å². The highest BCUT2D eigenvalue weighted by atomic mass is 35.5. The molecule has 86 valence electrons. The Balaban J connectivity index is -0.000000166. The molecule has 0 radical (unpaired) electrons. The van der Waals surface area contributed by atoms with E-state index >= 15 is 0 Å². The molecule has 0 aromatic carbocycles. The van der Waals surface area contributed by atoms with Gasteiger partial charge in [-0.1, -0.05) is 13.2 Å². The van der Waals surface area contributed by atoms with E-state index in [1.54, 1.807) is 0 Å². The summed E-state index contributed by atoms with van der Waals surface area (Å²) < 4.78 is 8.33. The molecule has 0 spiro atoms. The number of carbonyl (C=O) groups excluding carboxylic acids is 2. The summed E-state index contributed by atoms with van der Waals surface area (Å²) in [5, 5.41) is 0. The Morgan fingerprint density at radius 2 is 1.80 bits per heavy atom. The molecule has 4 nitrogen and oxygen atoms in total. The molecule has 0 fully saturated rings. The molecule has 15 heavy (non-hydrogen) atoms. The van der Waals surface area contributed by atoms with Crippen molar-refractivity contribution in [1.29, 1.82) is 0 Å². The molecule has 0 amide bonds. The molecule has 0 N–H and O–H groups in total. The van der Waals surface area contributed by atoms with E-state index in [0.717, 1.165) is 12.3 Å². The number of halogens is 1. The van der Waals surface area contributed by atoms with Gasteiger partial charge in [0.25, 0.3) is 0 Å². The van der Waals surface area contributed by atoms with Crippen LogP contribution in [0.1, 0.15) is 0 Å². The molecule has 0 saturated carbocycles. The van der Waals surface area contributed by atoms with Gasteiger partial charge >= 0.3 is 11.9 Å². The molecule has 0 aliphatic heterocycles. The van der Waals surface area contributed by atoms with Crippen LogP contribution in [0.2, 0.25) is 0 Å². The van der Waals surface area contributed by atoms with Gasteiger partial charge in [0.1, 0.15) is 5.88 Å². The number of methoxy groups -OCH3 is 1. The highest BCUT2D eigenvalue weighted by Crippen LogP contribution is 1.80. The maximum absolute atomic E-state index is 9.99. The Morgan fingerprint density at radius 1 is 1.33 bits per heavy atom. The Labute approximate surface area is 94.8 Å². The maximum atomic E-state index is 9.99. The second kappa shape index (κ2) is 18.3. The zero-order valence-electron chi connectivity index (χ0n) is 8.70. The lowest BCUT2D eigenvalue weighted by atomic mass is 10.7. The number of esters is 2. The molecule has 0 rings (SSSR count). The zero-order chi connectivity index (χ0) is 12.7. The summed E-state index contributed by atoms with van der Waals surface area (Å²) in [7, 11) is 1.31. The van der Waals surface area contributed by atoms with Crippen LogP contribution >= 0.6 is 11.6 Å². The molecule has 0 aromatic rings. The van der Waals surface area contributed by atoms with E-state index in [2.05, 4.69) is 35.8 Å². The van der Waals surface area contributed by atoms with Gasteiger partial charge in [0, 0.05) is 6.08 Å². The van der Waals surface area contributed by atoms with Gasteiger partial charge in [-0.3, -0.25) is 4.79 Å². The average molecular weight is 235 g/mol. The van der Waals surface area contributed by atoms with Gasteiger partial charge < -0.3 is 9.47 Å². The standard InChI is InChI=1S/C4H5ClO2.C4H6O2.C2H4/c1-2-7-4(6)3-5;1-3-4(5)6-2;1-2/h2H,1,3H2;3H,1H2,2H3;1-2H2. The van der Waals surface area contributed by atoms with Crippen molar-refractivity contribution >= 4 is 23.5 Å². The molecule has 0 atom stereocenters. The first-order chi connectivity index (χ1) is 7.12. The van der Waals surface area contributed by atoms with Gasteiger partial charge in [-0.2, -0.15) is 0 Å². The predicted molar refractivity (Wildman–Crippen MR) is 60.5 cm³/mol. The van der Waals surface area contributed by atoms with E-state index in [0.29, 0.717) is 0 Å². The molecular weight excluding hydrogens is 220 g/mol. The lowest BCUT2D eigenvalue weighted by Crippen LogP contribution is -1.98. The normalized spacial score (nSPS) is 6.53. The Hall–Kier alpha value is -1.55. The quantitative estimate of drug-likeness (QED) is 0.247. The van der Waals surface area contributed by atoms with Crippen LogP contribution in [0.3, 0.4) is 0 Å². The third kappa shape index (κ3) is 24.5. The topological polar surface area (TPSA) is 52.6 Å². The smallest absolute Gasteiger partial charge is 0.329 e. The van der Waals surface area contributed by atoms with Gasteiger partial charge in [0.2, 0.25) is 0 Å². The molecule has 0 unspecified atom stereocenters. The third-order valence-corrected chi connectivity index (χ3v) is 0.910. The molecular formula is C10H15ClO4. The van der Waals surface area contributed by atoms with Crippen molar-refractivity contribution in [3.8, 4) is 0 Å². The number of hydrogen-bond donors (Lipinski definition) is 0. The highest BCUT2D eigenvalue weighted by Gasteiger charge is 1.91. The summed E-state index contributed by atoms with van der Waals surface area (Å²) >= 11 is 5.01. The van der Waals surface area contributed by atoms with Crippen LogP contribution in [-0.2, 0) is 19.1 Å². The van der Waals surface area contributed by atoms with E-state index in [-0.39, 0.29) is 5.88 Å². The van der Waals surface area contributed by atoms with Crippen molar-refractivity contribution in [3.63, 3.8) is 0 Å². The lowest BCUT2D eigenvalue weighted by molar-refractivity contribution is -0.135. The van der Waals surface area contributed by atoms with Crippen molar-refractivity contribution in [2.75, 3.05) is 13.0 Å². The molecule has 5 heteroatoms. The van der Waals surface area contributed by atoms with E-state index in [1.807, 2.05) is 0 Å². The van der Waals surface area contributed by atoms with Crippen molar-refractivity contribution in [3.05, 3.63) is 38.7 Å². The van der Waals surface area contributed by atoms with Crippen LogP contribution in [0.25, 0.3) is 0 Å². The second-order valence-corrected chi connectivity index (χ2v) is 1.78. The SMILES string of the molecule is C=C.C=CC(=O)OC.C=COC(=O)CCl. The summed E-state index contributed by atoms with van der Waals surface area (Å²) in [4.78, 5) is 19.8. The summed E-state index contributed by atoms with van der Waals surface area (Å²) in [6.07, 6.45) is 2.16. The monoisotopic (exact) mass is 234 g/mol. The minimum absolute atomic E-state index is 0.119. The van der Waals surface area contributed by atoms with Gasteiger partial charge in [-0.05, 0) is 0 Å². The second-order valence-electron chi connectivity index (χ2n) is 1.52. The molecule has 0 heterocycles. The van der Waals surface area contributed by atoms with Crippen molar-refractivity contribution in [1.82, 2.24) is 0 Å². The lowest BCUT2D eigenvalue weighted by Gasteiger charge is -1.87. The fraction of sp³-hybridized carbons (Fsp3) is 0.200. The third-order valence-electron chi connectivity index (χ3n) is 0.692. The molecule has 0 saturated heterocycles. The number of hydrogen-bond acceptors (Lipinski definition) is 4. The Morgan fingerprint density at radius 3 is 1.87 bits per heavy atom. The molecule has 0 aromatic heterocycles. The summed E-state index contributed by atoms with van der Waals surface area (Å²) in [5.74, 6) is -0.988. The van der Waals surface area contributed by atoms with Gasteiger partial charge in [-0.25, -0.2) is 4.79 Å². The fourth-order valence-electron chi connectivity index (χ4n) is 0.208. The van der Waals surface area contributed by atoms with Crippen LogP contribution in [0.5, 0.6) is 0 Å². The summed E-state index contributed by atoms with van der Waals surface area (Å²) in [6, 6.07) is 0. The first kappa shape index (κ1) is 19.1. The minimum atomic E-state index is -0.475. The van der Waals surface area contributed by atoms with Gasteiger partial charge in [0.15, 0.2) is 0 Å². The summed E-state index contributed by atoms with van der Waals surface area (Å²) in [5.41, 5.74) is 0. The van der Waals surface area contributed by atoms with Crippen molar-refractivity contribution in [2.24, 2.45) is 0 Å². The minimum Gasteiger partial charge on any atom is -0.466 e. The van der Waals surface area contributed by atoms with Gasteiger partial charge in [-0.15, -0.1) is 24.8 Å².